The summed E-state index contributed by atoms with van der Waals surface area (Å²) in [5, 5.41) is 0. The highest BCUT2D eigenvalue weighted by molar-refractivity contribution is 5.51. The van der Waals surface area contributed by atoms with Crippen LogP contribution in [0, 0.1) is 0 Å². The van der Waals surface area contributed by atoms with Gasteiger partial charge in [0.2, 0.25) is 0 Å². The second-order valence-corrected chi connectivity index (χ2v) is 3.15. The molecule has 0 saturated carbocycles. The van der Waals surface area contributed by atoms with Gasteiger partial charge in [0.05, 0.1) is 0 Å². The van der Waals surface area contributed by atoms with Gasteiger partial charge in [-0.25, -0.2) is 0 Å². The van der Waals surface area contributed by atoms with Gasteiger partial charge in [-0.05, 0) is 18.9 Å². The van der Waals surface area contributed by atoms with E-state index in [1.807, 2.05) is 6.07 Å². The maximum absolute atomic E-state index is 2.25. The van der Waals surface area contributed by atoms with Crippen molar-refractivity contribution in [2.45, 2.75) is 26.7 Å². The molecule has 1 aromatic carbocycles. The molecular formula is C12H16. The molecule has 0 fully saturated rings. The fraction of sp³-hybridized carbons (Fsp3) is 0.333. The predicted molar refractivity (Wildman–Crippen MR) is 55.0 cm³/mol. The molecule has 0 bridgehead atoms. The average molecular weight is 160 g/mol. The standard InChI is InChI=1S/C12H16/c1-3-7-11(2)10-12-8-5-4-6-9-12/h4-6,8-10H,3,7H2,1-2H3. The summed E-state index contributed by atoms with van der Waals surface area (Å²) >= 11 is 0. The minimum absolute atomic E-state index is 1.20. The molecule has 0 spiro atoms. The van der Waals surface area contributed by atoms with E-state index in [2.05, 4.69) is 44.2 Å². The van der Waals surface area contributed by atoms with E-state index in [0.717, 1.165) is 0 Å². The lowest BCUT2D eigenvalue weighted by Gasteiger charge is -1.97. The summed E-state index contributed by atoms with van der Waals surface area (Å²) in [6.45, 7) is 4.40. The van der Waals surface area contributed by atoms with Gasteiger partial charge in [0.1, 0.15) is 0 Å². The molecule has 0 N–H and O–H groups in total. The number of hydrogen-bond donors (Lipinski definition) is 0. The first kappa shape index (κ1) is 9.05. The third-order valence-corrected chi connectivity index (χ3v) is 1.86. The van der Waals surface area contributed by atoms with Crippen molar-refractivity contribution in [2.75, 3.05) is 0 Å². The molecule has 0 aromatic heterocycles. The first-order valence-corrected chi connectivity index (χ1v) is 4.55. The Bertz CT molecular complexity index is 244. The Morgan fingerprint density at radius 3 is 2.50 bits per heavy atom. The van der Waals surface area contributed by atoms with E-state index in [4.69, 9.17) is 0 Å². The maximum Gasteiger partial charge on any atom is -0.0257 e. The lowest BCUT2D eigenvalue weighted by Crippen LogP contribution is -1.76. The van der Waals surface area contributed by atoms with Crippen LogP contribution in [0.3, 0.4) is 0 Å². The van der Waals surface area contributed by atoms with Gasteiger partial charge >= 0.3 is 0 Å². The number of benzene rings is 1. The van der Waals surface area contributed by atoms with E-state index in [1.54, 1.807) is 0 Å². The summed E-state index contributed by atoms with van der Waals surface area (Å²) in [5.74, 6) is 0. The molecule has 0 heterocycles. The van der Waals surface area contributed by atoms with Crippen molar-refractivity contribution in [3.05, 3.63) is 41.5 Å². The van der Waals surface area contributed by atoms with Crippen molar-refractivity contribution in [1.82, 2.24) is 0 Å². The minimum Gasteiger partial charge on any atom is -0.0727 e. The molecule has 0 nitrogen and oxygen atoms in total. The smallest absolute Gasteiger partial charge is 0.0257 e. The second kappa shape index (κ2) is 4.76. The van der Waals surface area contributed by atoms with Crippen LogP contribution in [0.15, 0.2) is 35.9 Å². The molecule has 1 aromatic rings. The Morgan fingerprint density at radius 1 is 1.25 bits per heavy atom. The molecule has 0 aliphatic carbocycles. The van der Waals surface area contributed by atoms with E-state index in [0.29, 0.717) is 0 Å². The SMILES string of the molecule is CCCC(C)=Cc1ccccc1. The predicted octanol–water partition coefficient (Wildman–Crippen LogP) is 3.89. The third-order valence-electron chi connectivity index (χ3n) is 1.86. The molecule has 1 rings (SSSR count). The highest BCUT2D eigenvalue weighted by Crippen LogP contribution is 2.09. The lowest BCUT2D eigenvalue weighted by atomic mass is 10.1. The van der Waals surface area contributed by atoms with Gasteiger partial charge in [-0.15, -0.1) is 0 Å². The quantitative estimate of drug-likeness (QED) is 0.629. The molecule has 12 heavy (non-hydrogen) atoms. The molecule has 0 aliphatic heterocycles. The van der Waals surface area contributed by atoms with Gasteiger partial charge in [0, 0.05) is 0 Å². The van der Waals surface area contributed by atoms with E-state index in [1.165, 1.54) is 24.0 Å². The molecule has 0 atom stereocenters. The first-order valence-electron chi connectivity index (χ1n) is 4.55. The van der Waals surface area contributed by atoms with Crippen LogP contribution in [0.2, 0.25) is 0 Å². The van der Waals surface area contributed by atoms with Crippen molar-refractivity contribution in [3.8, 4) is 0 Å². The molecular weight excluding hydrogens is 144 g/mol. The highest BCUT2D eigenvalue weighted by atomic mass is 13.9. The lowest BCUT2D eigenvalue weighted by molar-refractivity contribution is 0.912. The topological polar surface area (TPSA) is 0 Å². The normalized spacial score (nSPS) is 11.7. The molecule has 0 saturated heterocycles. The van der Waals surface area contributed by atoms with Crippen molar-refractivity contribution in [1.29, 1.82) is 0 Å². The Morgan fingerprint density at radius 2 is 1.92 bits per heavy atom. The van der Waals surface area contributed by atoms with Crippen molar-refractivity contribution in [2.24, 2.45) is 0 Å². The summed E-state index contributed by atoms with van der Waals surface area (Å²) in [5.41, 5.74) is 2.77. The Kier molecular flexibility index (Phi) is 3.59. The summed E-state index contributed by atoms with van der Waals surface area (Å²) in [6, 6.07) is 10.5. The van der Waals surface area contributed by atoms with Crippen molar-refractivity contribution in [3.63, 3.8) is 0 Å². The largest absolute Gasteiger partial charge is 0.0727 e. The van der Waals surface area contributed by atoms with Gasteiger partial charge in [0.15, 0.2) is 0 Å². The Hall–Kier alpha value is -1.04. The van der Waals surface area contributed by atoms with Gasteiger partial charge in [-0.3, -0.25) is 0 Å². The van der Waals surface area contributed by atoms with E-state index in [-0.39, 0.29) is 0 Å². The maximum atomic E-state index is 2.25. The number of allylic oxidation sites excluding steroid dienone is 1. The molecule has 0 aliphatic rings. The van der Waals surface area contributed by atoms with Crippen LogP contribution in [0.1, 0.15) is 32.3 Å². The van der Waals surface area contributed by atoms with Crippen LogP contribution in [0.4, 0.5) is 0 Å². The second-order valence-electron chi connectivity index (χ2n) is 3.15. The van der Waals surface area contributed by atoms with Crippen LogP contribution in [-0.4, -0.2) is 0 Å². The fourth-order valence-electron chi connectivity index (χ4n) is 1.30. The van der Waals surface area contributed by atoms with Crippen LogP contribution < -0.4 is 0 Å². The van der Waals surface area contributed by atoms with Gasteiger partial charge in [-0.1, -0.05) is 55.3 Å². The Balaban J connectivity index is 2.67. The van der Waals surface area contributed by atoms with Crippen LogP contribution in [-0.2, 0) is 0 Å². The summed E-state index contributed by atoms with van der Waals surface area (Å²) in [6.07, 6.45) is 4.69. The van der Waals surface area contributed by atoms with Crippen LogP contribution in [0.5, 0.6) is 0 Å². The van der Waals surface area contributed by atoms with E-state index in [9.17, 15) is 0 Å². The van der Waals surface area contributed by atoms with Crippen molar-refractivity contribution >= 4 is 6.08 Å². The van der Waals surface area contributed by atoms with Gasteiger partial charge in [0.25, 0.3) is 0 Å². The van der Waals surface area contributed by atoms with Crippen LogP contribution >= 0.6 is 0 Å². The van der Waals surface area contributed by atoms with E-state index < -0.39 is 0 Å². The van der Waals surface area contributed by atoms with E-state index >= 15 is 0 Å². The first-order chi connectivity index (χ1) is 5.83. The molecule has 0 radical (unpaired) electrons. The molecule has 0 heteroatoms. The summed E-state index contributed by atoms with van der Waals surface area (Å²) < 4.78 is 0. The van der Waals surface area contributed by atoms with Crippen LogP contribution in [0.25, 0.3) is 6.08 Å². The zero-order valence-electron chi connectivity index (χ0n) is 7.88. The number of hydrogen-bond acceptors (Lipinski definition) is 0. The fourth-order valence-corrected chi connectivity index (χ4v) is 1.30. The molecule has 64 valence electrons. The number of rotatable bonds is 3. The Labute approximate surface area is 74.9 Å². The summed E-state index contributed by atoms with van der Waals surface area (Å²) in [4.78, 5) is 0. The molecule has 0 amide bonds. The zero-order valence-corrected chi connectivity index (χ0v) is 7.88. The monoisotopic (exact) mass is 160 g/mol. The summed E-state index contributed by atoms with van der Waals surface area (Å²) in [7, 11) is 0. The highest BCUT2D eigenvalue weighted by Gasteiger charge is 1.88. The minimum atomic E-state index is 1.20. The third kappa shape index (κ3) is 2.91. The molecule has 0 unspecified atom stereocenters. The van der Waals surface area contributed by atoms with Gasteiger partial charge < -0.3 is 0 Å². The average Bonchev–Trinajstić information content (AvgIpc) is 2.06. The van der Waals surface area contributed by atoms with Crippen molar-refractivity contribution < 1.29 is 0 Å². The zero-order chi connectivity index (χ0) is 8.81. The van der Waals surface area contributed by atoms with Gasteiger partial charge in [-0.2, -0.15) is 0 Å².